The lowest BCUT2D eigenvalue weighted by molar-refractivity contribution is -0.133. The van der Waals surface area contributed by atoms with E-state index in [1.807, 2.05) is 103 Å². The maximum absolute atomic E-state index is 12.2. The molecular formula is C67H65N19O14. The number of amides is 1. The Balaban J connectivity index is 0.000000171. The molecule has 12 N–H and O–H groups in total. The number of nitrogens with one attached hydrogen (secondary N) is 2. The standard InChI is InChI=1S/C29H26N8O6.C14H13N3O4.C13H14N6O.C11H12N2O3/c1-31-22(27(38)39)14-24-34-20-8-7-19(13-23(20)43-24)37(2)11-12-41-29(40)33-15-17-3-5-18(6-4-17)16-42-26-25-21(9-10-32-25)35-28(30)36-26;1-15-11(14(19)20)8-13-16-10-4-3-9(7-12(10)21-13)17(2)5-6-18;14-5-8-1-3-9(4-2-8)6-20-12-10-11(17-7-16-10)18-13(15)19-12;1-13(4-5-14)8-2-3-9-10(6-8)16-11(7-15)12-9/h3-8,10,13-14H,9,11-12,15-16H2,2H3,(H,33,40)(H,38,39)(H2,30,35,36);3-4,7-8,18H,5-6H2,2H3,(H,19,20);1-4,7H,5-6,14H2,(H3,15,16,17,18,19);2-3,6-7,14H,4-5H2,1H3/b22-14-;11-8-;;. The highest BCUT2D eigenvalue weighted by atomic mass is 16.5. The molecule has 12 rings (SSSR count). The van der Waals surface area contributed by atoms with Crippen LogP contribution in [0.2, 0.25) is 0 Å². The number of anilines is 5. The number of carbonyl (C=O) groups is 4. The molecule has 100 heavy (non-hydrogen) atoms. The van der Waals surface area contributed by atoms with E-state index in [4.69, 9.17) is 78.2 Å². The van der Waals surface area contributed by atoms with Crippen LogP contribution in [0.1, 0.15) is 50.4 Å². The molecule has 512 valence electrons. The van der Waals surface area contributed by atoms with Crippen LogP contribution in [0.3, 0.4) is 0 Å². The van der Waals surface area contributed by atoms with Crippen molar-refractivity contribution < 1.29 is 67.1 Å². The van der Waals surface area contributed by atoms with Gasteiger partial charge in [-0.05, 0) is 58.7 Å². The number of rotatable bonds is 24. The van der Waals surface area contributed by atoms with E-state index in [-0.39, 0.29) is 62.5 Å². The van der Waals surface area contributed by atoms with Crippen LogP contribution in [0.4, 0.5) is 39.4 Å². The van der Waals surface area contributed by atoms with Gasteiger partial charge in [-0.25, -0.2) is 39.4 Å². The molecular weight excluding hydrogens is 1290 g/mol. The van der Waals surface area contributed by atoms with Gasteiger partial charge in [-0.3, -0.25) is 19.4 Å². The monoisotopic (exact) mass is 1360 g/mol. The fraction of sp³-hybridized carbons (Fsp3) is 0.209. The van der Waals surface area contributed by atoms with Gasteiger partial charge >= 0.3 is 18.0 Å². The summed E-state index contributed by atoms with van der Waals surface area (Å²) >= 11 is 0. The fourth-order valence-electron chi connectivity index (χ4n) is 9.23. The molecule has 0 saturated carbocycles. The summed E-state index contributed by atoms with van der Waals surface area (Å²) in [5.41, 5.74) is 28.1. The number of H-pyrrole nitrogens is 1. The van der Waals surface area contributed by atoms with E-state index < -0.39 is 29.4 Å². The number of hydrogen-bond donors (Lipinski definition) is 9. The number of aromatic amines is 1. The molecule has 33 heteroatoms. The van der Waals surface area contributed by atoms with Crippen LogP contribution in [0, 0.1) is 13.1 Å². The minimum Gasteiger partial charge on any atom is -0.486 e. The number of aromatic nitrogens is 9. The second-order valence-electron chi connectivity index (χ2n) is 21.4. The van der Waals surface area contributed by atoms with E-state index in [1.165, 1.54) is 6.33 Å². The van der Waals surface area contributed by atoms with Gasteiger partial charge in [0.15, 0.2) is 22.4 Å². The number of alkyl carbamates (subject to hydrolysis) is 1. The Morgan fingerprint density at radius 3 is 1.60 bits per heavy atom. The van der Waals surface area contributed by atoms with Gasteiger partial charge in [-0.2, -0.15) is 15.0 Å². The van der Waals surface area contributed by atoms with Crippen LogP contribution in [0.25, 0.3) is 66.3 Å². The molecule has 0 atom stereocenters. The first-order valence-electron chi connectivity index (χ1n) is 30.2. The van der Waals surface area contributed by atoms with Crippen LogP contribution in [0.5, 0.6) is 11.8 Å². The number of ether oxygens (including phenoxy) is 3. The zero-order valence-electron chi connectivity index (χ0n) is 53.8. The van der Waals surface area contributed by atoms with E-state index in [9.17, 15) is 19.2 Å². The van der Waals surface area contributed by atoms with Crippen molar-refractivity contribution in [3.8, 4) is 11.8 Å². The van der Waals surface area contributed by atoms with Gasteiger partial charge in [0.05, 0.1) is 44.9 Å². The Hall–Kier alpha value is -13.4. The van der Waals surface area contributed by atoms with Crippen LogP contribution in [-0.2, 0) is 47.1 Å². The number of fused-ring (bicyclic) bond motifs is 5. The highest BCUT2D eigenvalue weighted by Crippen LogP contribution is 2.33. The minimum atomic E-state index is -1.36. The van der Waals surface area contributed by atoms with Gasteiger partial charge in [0.1, 0.15) is 47.6 Å². The third kappa shape index (κ3) is 19.0. The SMILES string of the molecule is CN(CCO)c1ccc2nc(C=O)oc2c1.NCc1ccc(COc2nc(N)nc3nc[nH]c23)cc1.[C-]#[N+]/C(=C\c1nc2ccc(N(C)CCO)cc2o1)C(=O)O.[C-]#[N+]/C(=C\c1nc2ccc(N(C)CCOC(=O)NCc3ccc(COc4nc(N)nc5c4N=CC5)cc3)cc2o1)C(=O)O. The Morgan fingerprint density at radius 2 is 1.10 bits per heavy atom. The summed E-state index contributed by atoms with van der Waals surface area (Å²) < 4.78 is 33.0. The lowest BCUT2D eigenvalue weighted by atomic mass is 10.1. The molecule has 0 saturated heterocycles. The highest BCUT2D eigenvalue weighted by Gasteiger charge is 2.19. The Kier molecular flexibility index (Phi) is 24.0. The summed E-state index contributed by atoms with van der Waals surface area (Å²) in [6.45, 7) is 16.9. The van der Waals surface area contributed by atoms with E-state index in [1.54, 1.807) is 42.6 Å². The predicted octanol–water partition coefficient (Wildman–Crippen LogP) is 7.39. The number of likely N-dealkylation sites (N-methyl/N-ethyl adjacent to an activating group) is 3. The highest BCUT2D eigenvalue weighted by molar-refractivity contribution is 5.95. The van der Waals surface area contributed by atoms with Crippen molar-refractivity contribution >= 4 is 122 Å². The number of nitrogen functional groups attached to an aromatic ring is 2. The van der Waals surface area contributed by atoms with Crippen LogP contribution in [-0.4, -0.2) is 156 Å². The molecule has 1 aliphatic rings. The molecule has 6 aromatic heterocycles. The first-order valence-corrected chi connectivity index (χ1v) is 30.2. The molecule has 1 aliphatic heterocycles. The van der Waals surface area contributed by atoms with Crippen molar-refractivity contribution in [3.05, 3.63) is 189 Å². The third-order valence-electron chi connectivity index (χ3n) is 14.5. The number of carboxylic acid groups (broad SMARTS) is 2. The minimum absolute atomic E-state index is 0.0251. The van der Waals surface area contributed by atoms with E-state index in [0.29, 0.717) is 107 Å². The third-order valence-corrected chi connectivity index (χ3v) is 14.5. The van der Waals surface area contributed by atoms with Gasteiger partial charge < -0.3 is 90.1 Å². The maximum atomic E-state index is 12.2. The van der Waals surface area contributed by atoms with Crippen LogP contribution in [0.15, 0.2) is 139 Å². The van der Waals surface area contributed by atoms with Gasteiger partial charge in [0.25, 0.3) is 17.3 Å². The molecule has 33 nitrogen and oxygen atoms in total. The number of imidazole rings is 1. The van der Waals surface area contributed by atoms with Crippen LogP contribution < -0.4 is 46.7 Å². The van der Waals surface area contributed by atoms with Gasteiger partial charge in [0, 0.05) is 107 Å². The average molecular weight is 1360 g/mol. The number of benzene rings is 5. The molecule has 7 heterocycles. The number of aliphatic carboxylic acids is 2. The van der Waals surface area contributed by atoms with Crippen molar-refractivity contribution in [2.24, 2.45) is 10.7 Å². The first kappa shape index (κ1) is 70.9. The summed E-state index contributed by atoms with van der Waals surface area (Å²) in [7, 11) is 5.52. The normalized spacial score (nSPS) is 11.4. The van der Waals surface area contributed by atoms with Gasteiger partial charge in [-0.15, -0.1) is 0 Å². The summed E-state index contributed by atoms with van der Waals surface area (Å²) in [6, 6.07) is 31.4. The average Bonchev–Trinajstić information content (AvgIpc) is 1.68. The number of oxazole rings is 3. The summed E-state index contributed by atoms with van der Waals surface area (Å²) in [5.74, 6) is -1.47. The van der Waals surface area contributed by atoms with Crippen LogP contribution >= 0.6 is 0 Å². The molecule has 0 spiro atoms. The Bertz CT molecular complexity index is 4900. The van der Waals surface area contributed by atoms with E-state index >= 15 is 0 Å². The van der Waals surface area contributed by atoms with Gasteiger partial charge in [-0.1, -0.05) is 48.5 Å². The quantitative estimate of drug-likeness (QED) is 0.0162. The number of aliphatic hydroxyl groups is 2. The largest absolute Gasteiger partial charge is 0.486 e. The maximum Gasteiger partial charge on any atom is 0.407 e. The number of hydrogen-bond acceptors (Lipinski definition) is 27. The van der Waals surface area contributed by atoms with Crippen molar-refractivity contribution in [1.82, 2.24) is 50.2 Å². The number of carbonyl (C=O) groups excluding carboxylic acids is 2. The molecule has 0 fully saturated rings. The topological polar surface area (TPSA) is 456 Å². The zero-order chi connectivity index (χ0) is 71.2. The molecule has 0 aliphatic carbocycles. The second kappa shape index (κ2) is 33.8. The first-order chi connectivity index (χ1) is 48.3. The lowest BCUT2D eigenvalue weighted by Gasteiger charge is -2.19. The van der Waals surface area contributed by atoms with E-state index in [2.05, 4.69) is 64.9 Å². The van der Waals surface area contributed by atoms with Crippen molar-refractivity contribution in [2.75, 3.05) is 86.8 Å². The summed E-state index contributed by atoms with van der Waals surface area (Å²) in [6.07, 6.45) is 6.07. The van der Waals surface area contributed by atoms with Gasteiger partial charge in [0.2, 0.25) is 41.7 Å². The molecule has 5 aromatic carbocycles. The molecule has 0 bridgehead atoms. The predicted molar refractivity (Wildman–Crippen MR) is 368 cm³/mol. The summed E-state index contributed by atoms with van der Waals surface area (Å²) in [5, 5.41) is 38.3. The number of aliphatic imine (C=N–C) groups is 1. The molecule has 0 radical (unpaired) electrons. The molecule has 11 aromatic rings. The Labute approximate surface area is 568 Å². The lowest BCUT2D eigenvalue weighted by Crippen LogP contribution is -2.28. The number of aliphatic hydroxyl groups excluding tert-OH is 2. The molecule has 0 unspecified atom stereocenters. The van der Waals surface area contributed by atoms with Crippen molar-refractivity contribution in [2.45, 2.75) is 32.7 Å². The Morgan fingerprint density at radius 1 is 0.630 bits per heavy atom. The van der Waals surface area contributed by atoms with Crippen molar-refractivity contribution in [1.29, 1.82) is 0 Å². The summed E-state index contributed by atoms with van der Waals surface area (Å²) in [4.78, 5) is 95.9. The number of carboxylic acids is 2. The number of aldehydes is 1. The zero-order valence-corrected chi connectivity index (χ0v) is 53.8. The number of nitrogens with zero attached hydrogens (tertiary/aromatic N) is 14. The van der Waals surface area contributed by atoms with Crippen molar-refractivity contribution in [3.63, 3.8) is 0 Å². The molecule has 1 amide bonds. The fourth-order valence-corrected chi connectivity index (χ4v) is 9.23. The smallest absolute Gasteiger partial charge is 0.407 e. The number of nitrogens with two attached hydrogens (primary N) is 3. The second-order valence-corrected chi connectivity index (χ2v) is 21.4. The van der Waals surface area contributed by atoms with E-state index in [0.717, 1.165) is 57.2 Å².